The molecule has 0 spiro atoms. The number of carbonyl (C=O) groups is 3. The highest BCUT2D eigenvalue weighted by Crippen LogP contribution is 2.19. The van der Waals surface area contributed by atoms with Gasteiger partial charge in [-0.25, -0.2) is 9.59 Å². The molecule has 1 rings (SSSR count). The van der Waals surface area contributed by atoms with Crippen molar-refractivity contribution in [2.45, 2.75) is 25.8 Å². The van der Waals surface area contributed by atoms with Crippen LogP contribution in [0.2, 0.25) is 0 Å². The molecule has 0 aliphatic carbocycles. The lowest BCUT2D eigenvalue weighted by Gasteiger charge is -2.28. The molecule has 0 saturated carbocycles. The summed E-state index contributed by atoms with van der Waals surface area (Å²) < 4.78 is 4.50. The van der Waals surface area contributed by atoms with Gasteiger partial charge in [0, 0.05) is 13.1 Å². The topological polar surface area (TPSA) is 87.2 Å². The Balaban J connectivity index is 2.71. The molecule has 1 aliphatic heterocycles. The minimum atomic E-state index is -1.00. The molecule has 0 unspecified atom stereocenters. The van der Waals surface area contributed by atoms with Crippen molar-refractivity contribution in [1.29, 1.82) is 0 Å². The first-order valence-electron chi connectivity index (χ1n) is 5.86. The predicted octanol–water partition coefficient (Wildman–Crippen LogP) is 0.150. The largest absolute Gasteiger partial charge is 0.480 e. The molecule has 2 amide bonds. The van der Waals surface area contributed by atoms with Crippen LogP contribution in [0.1, 0.15) is 19.8 Å². The van der Waals surface area contributed by atoms with Crippen LogP contribution in [0, 0.1) is 0 Å². The maximum Gasteiger partial charge on any atom is 0.326 e. The van der Waals surface area contributed by atoms with Crippen LogP contribution < -0.4 is 0 Å². The summed E-state index contributed by atoms with van der Waals surface area (Å²) in [6.07, 6.45) is 1.12. The van der Waals surface area contributed by atoms with E-state index in [0.29, 0.717) is 25.9 Å². The Morgan fingerprint density at radius 1 is 1.44 bits per heavy atom. The number of likely N-dealkylation sites (tertiary alicyclic amines) is 1. The molecule has 0 aromatic rings. The molecule has 1 fully saturated rings. The van der Waals surface area contributed by atoms with E-state index in [-0.39, 0.29) is 6.54 Å². The Bertz CT molecular complexity index is 344. The van der Waals surface area contributed by atoms with E-state index in [9.17, 15) is 14.4 Å². The molecular formula is C11H18N2O5. The van der Waals surface area contributed by atoms with Crippen LogP contribution >= 0.6 is 0 Å². The predicted molar refractivity (Wildman–Crippen MR) is 62.0 cm³/mol. The number of hydrogen-bond donors (Lipinski definition) is 1. The number of amides is 2. The number of likely N-dealkylation sites (N-methyl/N-ethyl adjacent to an activating group) is 1. The number of carboxylic acids is 1. The van der Waals surface area contributed by atoms with Crippen LogP contribution in [0.25, 0.3) is 0 Å². The highest BCUT2D eigenvalue weighted by atomic mass is 16.5. The zero-order chi connectivity index (χ0) is 13.7. The average Bonchev–Trinajstić information content (AvgIpc) is 2.83. The van der Waals surface area contributed by atoms with Crippen molar-refractivity contribution < 1.29 is 24.2 Å². The molecule has 0 bridgehead atoms. The van der Waals surface area contributed by atoms with E-state index >= 15 is 0 Å². The number of carboxylic acid groups (broad SMARTS) is 1. The third-order valence-electron chi connectivity index (χ3n) is 2.98. The summed E-state index contributed by atoms with van der Waals surface area (Å²) in [5, 5.41) is 9.01. The molecule has 1 saturated heterocycles. The molecule has 1 atom stereocenters. The van der Waals surface area contributed by atoms with Crippen LogP contribution in [0.5, 0.6) is 0 Å². The maximum absolute atomic E-state index is 12.1. The highest BCUT2D eigenvalue weighted by Gasteiger charge is 2.36. The number of ether oxygens (including phenoxy) is 1. The number of hydrogen-bond acceptors (Lipinski definition) is 4. The van der Waals surface area contributed by atoms with Gasteiger partial charge in [0.15, 0.2) is 0 Å². The summed E-state index contributed by atoms with van der Waals surface area (Å²) in [4.78, 5) is 36.9. The van der Waals surface area contributed by atoms with E-state index in [4.69, 9.17) is 5.11 Å². The summed E-state index contributed by atoms with van der Waals surface area (Å²) in [6.45, 7) is 2.31. The molecule has 1 N–H and O–H groups in total. The summed E-state index contributed by atoms with van der Waals surface area (Å²) in [5.74, 6) is -1.52. The van der Waals surface area contributed by atoms with E-state index in [1.807, 2.05) is 0 Å². The lowest BCUT2D eigenvalue weighted by molar-refractivity contribution is -0.141. The Labute approximate surface area is 105 Å². The lowest BCUT2D eigenvalue weighted by atomic mass is 10.2. The molecular weight excluding hydrogens is 240 g/mol. The Morgan fingerprint density at radius 2 is 2.11 bits per heavy atom. The highest BCUT2D eigenvalue weighted by molar-refractivity contribution is 5.85. The van der Waals surface area contributed by atoms with Gasteiger partial charge in [-0.15, -0.1) is 0 Å². The minimum absolute atomic E-state index is 0.158. The van der Waals surface area contributed by atoms with Gasteiger partial charge in [-0.1, -0.05) is 0 Å². The van der Waals surface area contributed by atoms with Crippen molar-refractivity contribution >= 4 is 18.0 Å². The number of aliphatic carboxylic acids is 1. The first-order valence-corrected chi connectivity index (χ1v) is 5.86. The van der Waals surface area contributed by atoms with E-state index in [0.717, 1.165) is 0 Å². The minimum Gasteiger partial charge on any atom is -0.480 e. The zero-order valence-corrected chi connectivity index (χ0v) is 10.6. The smallest absolute Gasteiger partial charge is 0.326 e. The second-order valence-corrected chi connectivity index (χ2v) is 4.06. The van der Waals surface area contributed by atoms with Gasteiger partial charge in [0.1, 0.15) is 12.6 Å². The second kappa shape index (κ2) is 6.23. The van der Waals surface area contributed by atoms with Crippen molar-refractivity contribution in [3.63, 3.8) is 0 Å². The molecule has 7 nitrogen and oxygen atoms in total. The fourth-order valence-corrected chi connectivity index (χ4v) is 1.97. The summed E-state index contributed by atoms with van der Waals surface area (Å²) in [7, 11) is 1.25. The third-order valence-corrected chi connectivity index (χ3v) is 2.98. The first kappa shape index (κ1) is 14.3. The van der Waals surface area contributed by atoms with Gasteiger partial charge in [0.05, 0.1) is 7.11 Å². The van der Waals surface area contributed by atoms with Crippen molar-refractivity contribution in [3.8, 4) is 0 Å². The molecule has 1 heterocycles. The Morgan fingerprint density at radius 3 is 2.61 bits per heavy atom. The molecule has 7 heteroatoms. The van der Waals surface area contributed by atoms with Crippen LogP contribution in [0.15, 0.2) is 0 Å². The van der Waals surface area contributed by atoms with Crippen LogP contribution in [-0.4, -0.2) is 65.7 Å². The monoisotopic (exact) mass is 258 g/mol. The van der Waals surface area contributed by atoms with Crippen molar-refractivity contribution in [3.05, 3.63) is 0 Å². The lowest BCUT2D eigenvalue weighted by Crippen LogP contribution is -2.49. The summed E-state index contributed by atoms with van der Waals surface area (Å²) in [6, 6.07) is -1.21. The third kappa shape index (κ3) is 3.12. The fraction of sp³-hybridized carbons (Fsp3) is 0.727. The molecule has 0 aromatic carbocycles. The van der Waals surface area contributed by atoms with Gasteiger partial charge in [-0.05, 0) is 19.8 Å². The Hall–Kier alpha value is -1.79. The van der Waals surface area contributed by atoms with Crippen molar-refractivity contribution in [2.24, 2.45) is 0 Å². The van der Waals surface area contributed by atoms with Crippen molar-refractivity contribution in [2.75, 3.05) is 26.7 Å². The number of carbonyl (C=O) groups excluding carboxylic acids is 2. The van der Waals surface area contributed by atoms with Gasteiger partial charge in [0.25, 0.3) is 0 Å². The van der Waals surface area contributed by atoms with Gasteiger partial charge in [0.2, 0.25) is 0 Å². The number of urea groups is 1. The number of rotatable bonds is 4. The van der Waals surface area contributed by atoms with Crippen LogP contribution in [0.3, 0.4) is 0 Å². The average molecular weight is 258 g/mol. The number of esters is 1. The Kier molecular flexibility index (Phi) is 4.94. The molecule has 0 radical (unpaired) electrons. The zero-order valence-electron chi connectivity index (χ0n) is 10.6. The van der Waals surface area contributed by atoms with Crippen LogP contribution in [-0.2, 0) is 14.3 Å². The first-order chi connectivity index (χ1) is 8.51. The van der Waals surface area contributed by atoms with Crippen molar-refractivity contribution in [1.82, 2.24) is 9.80 Å². The number of nitrogens with zero attached hydrogens (tertiary/aromatic N) is 2. The second-order valence-electron chi connectivity index (χ2n) is 4.06. The summed E-state index contributed by atoms with van der Waals surface area (Å²) >= 11 is 0. The molecule has 0 aromatic heterocycles. The van der Waals surface area contributed by atoms with Gasteiger partial charge in [-0.3, -0.25) is 4.79 Å². The quantitative estimate of drug-likeness (QED) is 0.725. The van der Waals surface area contributed by atoms with E-state index in [1.54, 1.807) is 6.92 Å². The molecule has 18 heavy (non-hydrogen) atoms. The van der Waals surface area contributed by atoms with Gasteiger partial charge >= 0.3 is 18.0 Å². The SMILES string of the molecule is CCN(CC(=O)OC)C(=O)N1CCC[C@H]1C(=O)O. The fourth-order valence-electron chi connectivity index (χ4n) is 1.97. The van der Waals surface area contributed by atoms with E-state index in [2.05, 4.69) is 4.74 Å². The number of methoxy groups -OCH3 is 1. The van der Waals surface area contributed by atoms with Crippen LogP contribution in [0.4, 0.5) is 4.79 Å². The van der Waals surface area contributed by atoms with E-state index < -0.39 is 24.0 Å². The normalized spacial score (nSPS) is 18.6. The summed E-state index contributed by atoms with van der Waals surface area (Å²) in [5.41, 5.74) is 0. The molecule has 102 valence electrons. The van der Waals surface area contributed by atoms with Gasteiger partial charge < -0.3 is 19.6 Å². The van der Waals surface area contributed by atoms with E-state index in [1.165, 1.54) is 16.9 Å². The van der Waals surface area contributed by atoms with Gasteiger partial charge in [-0.2, -0.15) is 0 Å². The standard InChI is InChI=1S/C11H18N2O5/c1-3-12(7-9(14)18-2)11(17)13-6-4-5-8(13)10(15)16/h8H,3-7H2,1-2H3,(H,15,16)/t8-/m0/s1. The molecule has 1 aliphatic rings. The maximum atomic E-state index is 12.1.